The molecule has 2 heterocycles. The van der Waals surface area contributed by atoms with Gasteiger partial charge in [-0.2, -0.15) is 0 Å². The molecule has 2 aliphatic rings. The minimum atomic E-state index is -2.64. The van der Waals surface area contributed by atoms with Crippen molar-refractivity contribution in [2.45, 2.75) is 35.7 Å². The summed E-state index contributed by atoms with van der Waals surface area (Å²) in [4.78, 5) is 24.1. The molecule has 0 aromatic carbocycles. The first-order valence-electron chi connectivity index (χ1n) is 5.81. The van der Waals surface area contributed by atoms with Crippen LogP contribution in [0.1, 0.15) is 6.42 Å². The first-order chi connectivity index (χ1) is 9.32. The maximum absolute atomic E-state index is 14.3. The molecule has 10 heteroatoms. The van der Waals surface area contributed by atoms with Crippen LogP contribution in [0.5, 0.6) is 0 Å². The molecule has 0 aromatic rings. The zero-order valence-electron chi connectivity index (χ0n) is 10.5. The van der Waals surface area contributed by atoms with Crippen LogP contribution in [0.4, 0.5) is 9.18 Å². The van der Waals surface area contributed by atoms with Crippen molar-refractivity contribution in [2.24, 2.45) is 0 Å². The van der Waals surface area contributed by atoms with Crippen LogP contribution in [-0.4, -0.2) is 70.0 Å². The highest BCUT2D eigenvalue weighted by Gasteiger charge is 2.57. The van der Waals surface area contributed by atoms with E-state index in [9.17, 15) is 19.1 Å². The number of alkyl halides is 2. The number of carbonyl (C=O) groups is 2. The van der Waals surface area contributed by atoms with Crippen LogP contribution in [-0.2, 0) is 14.3 Å². The zero-order chi connectivity index (χ0) is 15.1. The van der Waals surface area contributed by atoms with Gasteiger partial charge in [-0.25, -0.2) is 9.18 Å². The molecule has 5 atom stereocenters. The van der Waals surface area contributed by atoms with Gasteiger partial charge in [0.1, 0.15) is 12.3 Å². The Morgan fingerprint density at radius 2 is 2.30 bits per heavy atom. The summed E-state index contributed by atoms with van der Waals surface area (Å²) in [6.45, 7) is -0.446. The van der Waals surface area contributed by atoms with E-state index >= 15 is 0 Å². The quantitative estimate of drug-likeness (QED) is 0.562. The number of amides is 3. The Morgan fingerprint density at radius 1 is 1.65 bits per heavy atom. The number of aliphatic hydroxyl groups excluding tert-OH is 2. The lowest BCUT2D eigenvalue weighted by Gasteiger charge is -2.42. The average Bonchev–Trinajstić information content (AvgIpc) is 2.74. The van der Waals surface area contributed by atoms with E-state index in [1.807, 2.05) is 5.32 Å². The van der Waals surface area contributed by atoms with E-state index in [1.54, 1.807) is 0 Å². The lowest BCUT2D eigenvalue weighted by Crippen LogP contribution is -2.68. The van der Waals surface area contributed by atoms with E-state index in [2.05, 4.69) is 15.9 Å². The highest BCUT2D eigenvalue weighted by Crippen LogP contribution is 2.36. The van der Waals surface area contributed by atoms with E-state index in [0.717, 1.165) is 12.0 Å². The zero-order valence-corrected chi connectivity index (χ0v) is 12.0. The number of imide groups is 1. The summed E-state index contributed by atoms with van der Waals surface area (Å²) in [6.07, 6.45) is -4.49. The van der Waals surface area contributed by atoms with Gasteiger partial charge >= 0.3 is 6.03 Å². The Balaban J connectivity index is 2.25. The number of ether oxygens (including phenoxy) is 2. The molecular formula is C10H14BrFN2O6. The Morgan fingerprint density at radius 3 is 2.80 bits per heavy atom. The van der Waals surface area contributed by atoms with Gasteiger partial charge in [0, 0.05) is 13.5 Å². The van der Waals surface area contributed by atoms with Crippen molar-refractivity contribution >= 4 is 27.9 Å². The van der Waals surface area contributed by atoms with Crippen LogP contribution >= 0.6 is 15.9 Å². The number of methoxy groups -OCH3 is 1. The highest BCUT2D eigenvalue weighted by atomic mass is 79.9. The van der Waals surface area contributed by atoms with Crippen LogP contribution in [0.3, 0.4) is 0 Å². The van der Waals surface area contributed by atoms with Gasteiger partial charge in [-0.15, -0.1) is 0 Å². The molecule has 0 bridgehead atoms. The topological polar surface area (TPSA) is 108 Å². The summed E-state index contributed by atoms with van der Waals surface area (Å²) in [5.41, 5.74) is 0. The lowest BCUT2D eigenvalue weighted by molar-refractivity contribution is -0.169. The largest absolute Gasteiger partial charge is 0.394 e. The molecule has 0 unspecified atom stereocenters. The highest BCUT2D eigenvalue weighted by molar-refractivity contribution is 9.10. The van der Waals surface area contributed by atoms with E-state index in [1.165, 1.54) is 0 Å². The Kier molecular flexibility index (Phi) is 4.30. The molecule has 0 radical (unpaired) electrons. The summed E-state index contributed by atoms with van der Waals surface area (Å²) >= 11 is 2.58. The molecule has 2 fully saturated rings. The molecular weight excluding hydrogens is 343 g/mol. The summed E-state index contributed by atoms with van der Waals surface area (Å²) in [7, 11) is 1.13. The van der Waals surface area contributed by atoms with Crippen LogP contribution in [0, 0.1) is 0 Å². The van der Waals surface area contributed by atoms with E-state index < -0.39 is 47.8 Å². The smallest absolute Gasteiger partial charge is 0.328 e. The SMILES string of the molecule is CO[C@@H]1N([C@@H]2C[C@H](O)[C@H](CO)O2)C(=O)NC(=O)[C@]1(F)Br. The van der Waals surface area contributed by atoms with Gasteiger partial charge < -0.3 is 19.7 Å². The number of hydrogen-bond donors (Lipinski definition) is 3. The minimum Gasteiger partial charge on any atom is -0.394 e. The fourth-order valence-electron chi connectivity index (χ4n) is 2.23. The van der Waals surface area contributed by atoms with Crippen molar-refractivity contribution in [3.05, 3.63) is 0 Å². The predicted molar refractivity (Wildman–Crippen MR) is 65.3 cm³/mol. The fourth-order valence-corrected chi connectivity index (χ4v) is 2.74. The number of rotatable bonds is 3. The monoisotopic (exact) mass is 356 g/mol. The molecule has 3 amide bonds. The average molecular weight is 357 g/mol. The Labute approximate surface area is 121 Å². The number of hydrogen-bond acceptors (Lipinski definition) is 6. The third-order valence-electron chi connectivity index (χ3n) is 3.24. The van der Waals surface area contributed by atoms with Gasteiger partial charge in [-0.3, -0.25) is 15.0 Å². The van der Waals surface area contributed by atoms with Crippen LogP contribution < -0.4 is 5.32 Å². The number of nitrogens with zero attached hydrogens (tertiary/aromatic N) is 1. The number of carbonyl (C=O) groups excluding carboxylic acids is 2. The maximum Gasteiger partial charge on any atom is 0.328 e. The molecule has 0 aliphatic carbocycles. The van der Waals surface area contributed by atoms with Crippen LogP contribution in [0.2, 0.25) is 0 Å². The van der Waals surface area contributed by atoms with E-state index in [0.29, 0.717) is 0 Å². The van der Waals surface area contributed by atoms with Gasteiger partial charge in [0.25, 0.3) is 10.5 Å². The normalized spacial score (nSPS) is 42.0. The van der Waals surface area contributed by atoms with Gasteiger partial charge in [0.2, 0.25) is 0 Å². The first kappa shape index (κ1) is 15.6. The van der Waals surface area contributed by atoms with Crippen molar-refractivity contribution < 1.29 is 33.7 Å². The van der Waals surface area contributed by atoms with Crippen LogP contribution in [0.15, 0.2) is 0 Å². The van der Waals surface area contributed by atoms with E-state index in [-0.39, 0.29) is 6.42 Å². The lowest BCUT2D eigenvalue weighted by atomic mass is 10.1. The van der Waals surface area contributed by atoms with Crippen LogP contribution in [0.25, 0.3) is 0 Å². The minimum absolute atomic E-state index is 0.0320. The molecule has 3 N–H and O–H groups in total. The van der Waals surface area contributed by atoms with E-state index in [4.69, 9.17) is 14.6 Å². The molecule has 2 aliphatic heterocycles. The first-order valence-corrected chi connectivity index (χ1v) is 6.61. The molecule has 8 nitrogen and oxygen atoms in total. The number of aliphatic hydroxyl groups is 2. The third-order valence-corrected chi connectivity index (χ3v) is 3.99. The summed E-state index contributed by atoms with van der Waals surface area (Å²) in [5.74, 6) is -1.18. The molecule has 0 saturated carbocycles. The van der Waals surface area contributed by atoms with Crippen molar-refractivity contribution in [1.29, 1.82) is 0 Å². The third kappa shape index (κ3) is 2.42. The Bertz CT molecular complexity index is 423. The maximum atomic E-state index is 14.3. The predicted octanol–water partition coefficient (Wildman–Crippen LogP) is -0.960. The van der Waals surface area contributed by atoms with Crippen molar-refractivity contribution in [3.8, 4) is 0 Å². The summed E-state index contributed by atoms with van der Waals surface area (Å²) in [6, 6.07) is -0.898. The van der Waals surface area contributed by atoms with Gasteiger partial charge in [0.05, 0.1) is 12.7 Å². The van der Waals surface area contributed by atoms with Crippen molar-refractivity contribution in [2.75, 3.05) is 13.7 Å². The second-order valence-electron chi connectivity index (χ2n) is 4.49. The fraction of sp³-hybridized carbons (Fsp3) is 0.800. The van der Waals surface area contributed by atoms with Gasteiger partial charge in [0.15, 0.2) is 6.23 Å². The Hall–Kier alpha value is -0.810. The number of urea groups is 1. The molecule has 2 saturated heterocycles. The molecule has 0 aromatic heterocycles. The van der Waals surface area contributed by atoms with Gasteiger partial charge in [-0.1, -0.05) is 0 Å². The van der Waals surface area contributed by atoms with Crippen molar-refractivity contribution in [3.63, 3.8) is 0 Å². The molecule has 20 heavy (non-hydrogen) atoms. The van der Waals surface area contributed by atoms with Crippen molar-refractivity contribution in [1.82, 2.24) is 10.2 Å². The van der Waals surface area contributed by atoms with Gasteiger partial charge in [-0.05, 0) is 15.9 Å². The summed E-state index contributed by atoms with van der Waals surface area (Å²) < 4.78 is 21.8. The summed E-state index contributed by atoms with van der Waals surface area (Å²) in [5, 5.41) is 20.5. The number of halogens is 2. The second kappa shape index (κ2) is 5.53. The standard InChI is InChI=1S/C10H14BrFN2O6/c1-19-8-10(11,12)7(17)13-9(18)14(8)6-2-4(16)5(3-15)20-6/h4-6,8,15-16H,2-3H2,1H3,(H,13,17,18)/t4-,5-,6-,8-,10+/m0/s1. The number of nitrogens with one attached hydrogen (secondary N) is 1. The molecule has 114 valence electrons. The molecule has 0 spiro atoms. The second-order valence-corrected chi connectivity index (χ2v) is 5.65. The molecule has 2 rings (SSSR count).